The second-order valence-electron chi connectivity index (χ2n) is 6.64. The van der Waals surface area contributed by atoms with Crippen molar-refractivity contribution < 1.29 is 0 Å². The molecule has 18 heavy (non-hydrogen) atoms. The van der Waals surface area contributed by atoms with Gasteiger partial charge in [-0.25, -0.2) is 0 Å². The quantitative estimate of drug-likeness (QED) is 0.658. The largest absolute Gasteiger partial charge is 0.316 e. The zero-order chi connectivity index (χ0) is 13.0. The fraction of sp³-hybridized carbons (Fsp3) is 1.00. The molecule has 0 saturated heterocycles. The Morgan fingerprint density at radius 1 is 1.17 bits per heavy atom. The Kier molecular flexibility index (Phi) is 5.44. The van der Waals surface area contributed by atoms with Crippen LogP contribution in [0.15, 0.2) is 0 Å². The summed E-state index contributed by atoms with van der Waals surface area (Å²) in [5.41, 5.74) is 0. The fourth-order valence-electron chi connectivity index (χ4n) is 3.74. The van der Waals surface area contributed by atoms with E-state index < -0.39 is 0 Å². The number of hydrogen-bond acceptors (Lipinski definition) is 2. The third kappa shape index (κ3) is 3.66. The molecule has 0 amide bonds. The van der Waals surface area contributed by atoms with E-state index in [1.807, 2.05) is 0 Å². The molecule has 2 heteroatoms. The first-order valence-electron chi connectivity index (χ1n) is 8.01. The van der Waals surface area contributed by atoms with Gasteiger partial charge in [-0.2, -0.15) is 11.8 Å². The highest BCUT2D eigenvalue weighted by atomic mass is 32.2. The van der Waals surface area contributed by atoms with Crippen molar-refractivity contribution in [3.63, 3.8) is 0 Å². The van der Waals surface area contributed by atoms with Gasteiger partial charge in [-0.1, -0.05) is 27.2 Å². The van der Waals surface area contributed by atoms with Crippen LogP contribution in [0.2, 0.25) is 0 Å². The van der Waals surface area contributed by atoms with Crippen LogP contribution in [0.3, 0.4) is 0 Å². The lowest BCUT2D eigenvalue weighted by Crippen LogP contribution is -2.29. The zero-order valence-electron chi connectivity index (χ0n) is 12.5. The van der Waals surface area contributed by atoms with Crippen LogP contribution >= 0.6 is 11.8 Å². The summed E-state index contributed by atoms with van der Waals surface area (Å²) in [7, 11) is 0. The topological polar surface area (TPSA) is 12.0 Å². The molecule has 2 aliphatic carbocycles. The summed E-state index contributed by atoms with van der Waals surface area (Å²) in [6.07, 6.45) is 8.70. The molecule has 0 aromatic carbocycles. The molecule has 106 valence electrons. The number of nitrogens with one attached hydrogen (secondary N) is 1. The van der Waals surface area contributed by atoms with Gasteiger partial charge in [0.05, 0.1) is 0 Å². The molecule has 2 rings (SSSR count). The smallest absolute Gasteiger partial charge is 0.0127 e. The van der Waals surface area contributed by atoms with Crippen LogP contribution in [0.1, 0.15) is 59.3 Å². The molecule has 0 aliphatic heterocycles. The van der Waals surface area contributed by atoms with E-state index in [9.17, 15) is 0 Å². The fourth-order valence-corrected chi connectivity index (χ4v) is 4.89. The van der Waals surface area contributed by atoms with Gasteiger partial charge >= 0.3 is 0 Å². The maximum absolute atomic E-state index is 3.71. The van der Waals surface area contributed by atoms with E-state index >= 15 is 0 Å². The van der Waals surface area contributed by atoms with Crippen LogP contribution in [0, 0.1) is 17.8 Å². The van der Waals surface area contributed by atoms with Crippen LogP contribution in [0.4, 0.5) is 0 Å². The Balaban J connectivity index is 1.54. The number of thioether (sulfide) groups is 1. The highest BCUT2D eigenvalue weighted by Crippen LogP contribution is 2.47. The lowest BCUT2D eigenvalue weighted by atomic mass is 9.89. The molecule has 0 heterocycles. The molecule has 0 aromatic heterocycles. The zero-order valence-corrected chi connectivity index (χ0v) is 13.3. The molecule has 2 aliphatic rings. The van der Waals surface area contributed by atoms with Crippen molar-refractivity contribution in [3.8, 4) is 0 Å². The van der Waals surface area contributed by atoms with Crippen LogP contribution in [0.25, 0.3) is 0 Å². The van der Waals surface area contributed by atoms with Crippen molar-refractivity contribution in [1.82, 2.24) is 5.32 Å². The lowest BCUT2D eigenvalue weighted by molar-refractivity contribution is 0.321. The van der Waals surface area contributed by atoms with Crippen molar-refractivity contribution >= 4 is 11.8 Å². The summed E-state index contributed by atoms with van der Waals surface area (Å²) in [5.74, 6) is 4.46. The van der Waals surface area contributed by atoms with Crippen molar-refractivity contribution in [2.45, 2.75) is 64.0 Å². The van der Waals surface area contributed by atoms with Crippen LogP contribution in [-0.2, 0) is 0 Å². The van der Waals surface area contributed by atoms with Gasteiger partial charge in [0.25, 0.3) is 0 Å². The summed E-state index contributed by atoms with van der Waals surface area (Å²) in [4.78, 5) is 0. The molecule has 1 nitrogen and oxygen atoms in total. The molecule has 1 N–H and O–H groups in total. The summed E-state index contributed by atoms with van der Waals surface area (Å²) in [5, 5.41) is 3.71. The van der Waals surface area contributed by atoms with Crippen molar-refractivity contribution in [2.75, 3.05) is 18.8 Å². The van der Waals surface area contributed by atoms with Gasteiger partial charge in [0.1, 0.15) is 0 Å². The van der Waals surface area contributed by atoms with Gasteiger partial charge in [0, 0.05) is 17.0 Å². The van der Waals surface area contributed by atoms with Crippen LogP contribution in [-0.4, -0.2) is 23.6 Å². The standard InChI is InChI=1S/C16H31NS/c1-4-16(3,5-2)18-9-8-17-12-15-11-13-6-7-14(15)10-13/h13-15,17H,4-12H2,1-3H3. The van der Waals surface area contributed by atoms with E-state index in [0.29, 0.717) is 4.75 Å². The average Bonchev–Trinajstić information content (AvgIpc) is 3.00. The van der Waals surface area contributed by atoms with Gasteiger partial charge < -0.3 is 5.32 Å². The molecule has 3 unspecified atom stereocenters. The SMILES string of the molecule is CCC(C)(CC)SCCNCC1CC2CCC1C2. The minimum absolute atomic E-state index is 0.508. The molecule has 0 radical (unpaired) electrons. The van der Waals surface area contributed by atoms with E-state index in [1.165, 1.54) is 50.9 Å². The van der Waals surface area contributed by atoms with Crippen LogP contribution < -0.4 is 5.32 Å². The highest BCUT2D eigenvalue weighted by molar-refractivity contribution is 8.00. The van der Waals surface area contributed by atoms with Gasteiger partial charge in [0.15, 0.2) is 0 Å². The predicted octanol–water partition coefficient (Wildman–Crippen LogP) is 4.32. The minimum Gasteiger partial charge on any atom is -0.316 e. The molecular formula is C16H31NS. The Morgan fingerprint density at radius 2 is 1.94 bits per heavy atom. The molecule has 2 fully saturated rings. The second-order valence-corrected chi connectivity index (χ2v) is 8.33. The first-order valence-corrected chi connectivity index (χ1v) is 9.00. The molecule has 2 saturated carbocycles. The molecule has 2 bridgehead atoms. The monoisotopic (exact) mass is 269 g/mol. The summed E-state index contributed by atoms with van der Waals surface area (Å²) < 4.78 is 0.508. The van der Waals surface area contributed by atoms with Crippen molar-refractivity contribution in [1.29, 1.82) is 0 Å². The third-order valence-corrected chi connectivity index (χ3v) is 7.20. The van der Waals surface area contributed by atoms with Gasteiger partial charge in [-0.05, 0) is 56.4 Å². The molecule has 0 aromatic rings. The maximum Gasteiger partial charge on any atom is 0.0127 e. The third-order valence-electron chi connectivity index (χ3n) is 5.52. The Hall–Kier alpha value is 0.310. The number of rotatable bonds is 8. The molecule has 3 atom stereocenters. The summed E-state index contributed by atoms with van der Waals surface area (Å²) >= 11 is 2.16. The Morgan fingerprint density at radius 3 is 2.50 bits per heavy atom. The van der Waals surface area contributed by atoms with Crippen LogP contribution in [0.5, 0.6) is 0 Å². The Labute approximate surface area is 118 Å². The normalized spacial score (nSPS) is 31.2. The summed E-state index contributed by atoms with van der Waals surface area (Å²) in [6.45, 7) is 9.54. The number of fused-ring (bicyclic) bond motifs is 2. The lowest BCUT2D eigenvalue weighted by Gasteiger charge is -2.26. The minimum atomic E-state index is 0.508. The average molecular weight is 269 g/mol. The predicted molar refractivity (Wildman–Crippen MR) is 83.3 cm³/mol. The van der Waals surface area contributed by atoms with Crippen molar-refractivity contribution in [3.05, 3.63) is 0 Å². The van der Waals surface area contributed by atoms with E-state index in [-0.39, 0.29) is 0 Å². The van der Waals surface area contributed by atoms with E-state index in [4.69, 9.17) is 0 Å². The van der Waals surface area contributed by atoms with Gasteiger partial charge in [0.2, 0.25) is 0 Å². The first-order chi connectivity index (χ1) is 8.67. The Bertz CT molecular complexity index is 249. The second kappa shape index (κ2) is 6.65. The van der Waals surface area contributed by atoms with E-state index in [1.54, 1.807) is 6.42 Å². The van der Waals surface area contributed by atoms with Gasteiger partial charge in [-0.3, -0.25) is 0 Å². The number of hydrogen-bond donors (Lipinski definition) is 1. The maximum atomic E-state index is 3.71. The van der Waals surface area contributed by atoms with Gasteiger partial charge in [-0.15, -0.1) is 0 Å². The van der Waals surface area contributed by atoms with Crippen molar-refractivity contribution in [2.24, 2.45) is 17.8 Å². The molecular weight excluding hydrogens is 238 g/mol. The highest BCUT2D eigenvalue weighted by Gasteiger charge is 2.38. The molecule has 0 spiro atoms. The summed E-state index contributed by atoms with van der Waals surface area (Å²) in [6, 6.07) is 0. The van der Waals surface area contributed by atoms with E-state index in [2.05, 4.69) is 37.8 Å². The first kappa shape index (κ1) is 14.7. The van der Waals surface area contributed by atoms with E-state index in [0.717, 1.165) is 17.8 Å².